The van der Waals surface area contributed by atoms with Crippen LogP contribution >= 0.6 is 0 Å². The van der Waals surface area contributed by atoms with Gasteiger partial charge in [-0.15, -0.1) is 0 Å². The minimum Gasteiger partial charge on any atom is -0.379 e. The molecule has 1 aromatic rings. The highest BCUT2D eigenvalue weighted by Gasteiger charge is 2.28. The molecule has 3 heterocycles. The highest BCUT2D eigenvalue weighted by Crippen LogP contribution is 2.24. The lowest BCUT2D eigenvalue weighted by atomic mass is 10.2. The minimum absolute atomic E-state index is 0.590. The monoisotopic (exact) mass is 262 g/mol. The number of nitrogens with zero attached hydrogens (tertiary/aromatic N) is 4. The predicted octanol–water partition coefficient (Wildman–Crippen LogP) is 1.09. The molecule has 0 radical (unpaired) electrons. The Morgan fingerprint density at radius 3 is 2.89 bits per heavy atom. The normalized spacial score (nSPS) is 24.9. The molecule has 0 aliphatic carbocycles. The summed E-state index contributed by atoms with van der Waals surface area (Å²) in [5.41, 5.74) is 1.04. The molecule has 2 aliphatic heterocycles. The van der Waals surface area contributed by atoms with Crippen molar-refractivity contribution in [2.24, 2.45) is 0 Å². The lowest BCUT2D eigenvalue weighted by Crippen LogP contribution is -2.45. The molecular weight excluding hydrogens is 240 g/mol. The van der Waals surface area contributed by atoms with E-state index in [1.165, 1.54) is 12.8 Å². The Balaban J connectivity index is 1.67. The standard InChI is InChI=1S/C14H22N4O/c1-12-9-14(16-11-15-12)18-4-2-3-13(18)10-17-5-7-19-8-6-17/h9,11,13H,2-8,10H2,1H3/t13-/m1/s1. The van der Waals surface area contributed by atoms with Crippen LogP contribution in [-0.4, -0.2) is 60.3 Å². The van der Waals surface area contributed by atoms with Crippen LogP contribution in [0.2, 0.25) is 0 Å². The average Bonchev–Trinajstić information content (AvgIpc) is 2.88. The zero-order valence-electron chi connectivity index (χ0n) is 11.6. The van der Waals surface area contributed by atoms with Crippen LogP contribution in [0.4, 0.5) is 5.82 Å². The molecule has 2 saturated heterocycles. The second-order valence-corrected chi connectivity index (χ2v) is 5.42. The molecule has 0 spiro atoms. The number of hydrogen-bond acceptors (Lipinski definition) is 5. The summed E-state index contributed by atoms with van der Waals surface area (Å²) in [5, 5.41) is 0. The van der Waals surface area contributed by atoms with Gasteiger partial charge >= 0.3 is 0 Å². The van der Waals surface area contributed by atoms with Crippen LogP contribution in [0.3, 0.4) is 0 Å². The van der Waals surface area contributed by atoms with Crippen LogP contribution in [0.1, 0.15) is 18.5 Å². The van der Waals surface area contributed by atoms with Crippen molar-refractivity contribution in [2.45, 2.75) is 25.8 Å². The Hall–Kier alpha value is -1.20. The van der Waals surface area contributed by atoms with Gasteiger partial charge in [-0.05, 0) is 19.8 Å². The van der Waals surface area contributed by atoms with Crippen LogP contribution < -0.4 is 4.90 Å². The van der Waals surface area contributed by atoms with Crippen molar-refractivity contribution in [3.05, 3.63) is 18.1 Å². The molecule has 0 N–H and O–H groups in total. The first-order chi connectivity index (χ1) is 9.33. The van der Waals surface area contributed by atoms with Crippen molar-refractivity contribution in [3.63, 3.8) is 0 Å². The molecule has 5 heteroatoms. The summed E-state index contributed by atoms with van der Waals surface area (Å²) >= 11 is 0. The van der Waals surface area contributed by atoms with Crippen molar-refractivity contribution in [3.8, 4) is 0 Å². The highest BCUT2D eigenvalue weighted by molar-refractivity contribution is 5.41. The first kappa shape index (κ1) is 12.8. The van der Waals surface area contributed by atoms with Gasteiger partial charge in [-0.3, -0.25) is 4.90 Å². The first-order valence-electron chi connectivity index (χ1n) is 7.18. The van der Waals surface area contributed by atoms with E-state index in [2.05, 4.69) is 25.8 Å². The summed E-state index contributed by atoms with van der Waals surface area (Å²) in [6, 6.07) is 2.69. The molecule has 0 saturated carbocycles. The van der Waals surface area contributed by atoms with E-state index in [9.17, 15) is 0 Å². The molecule has 1 atom stereocenters. The van der Waals surface area contributed by atoms with Gasteiger partial charge in [0.05, 0.1) is 13.2 Å². The van der Waals surface area contributed by atoms with Crippen molar-refractivity contribution >= 4 is 5.82 Å². The van der Waals surface area contributed by atoms with Crippen LogP contribution in [-0.2, 0) is 4.74 Å². The number of aromatic nitrogens is 2. The number of aryl methyl sites for hydroxylation is 1. The molecule has 0 bridgehead atoms. The lowest BCUT2D eigenvalue weighted by molar-refractivity contribution is 0.0354. The van der Waals surface area contributed by atoms with Crippen molar-refractivity contribution in [1.29, 1.82) is 0 Å². The minimum atomic E-state index is 0.590. The summed E-state index contributed by atoms with van der Waals surface area (Å²) < 4.78 is 5.42. The van der Waals surface area contributed by atoms with Gasteiger partial charge in [0.25, 0.3) is 0 Å². The largest absolute Gasteiger partial charge is 0.379 e. The van der Waals surface area contributed by atoms with Gasteiger partial charge in [0.1, 0.15) is 12.1 Å². The summed E-state index contributed by atoms with van der Waals surface area (Å²) in [4.78, 5) is 13.6. The highest BCUT2D eigenvalue weighted by atomic mass is 16.5. The van der Waals surface area contributed by atoms with E-state index < -0.39 is 0 Å². The van der Waals surface area contributed by atoms with E-state index in [0.717, 1.165) is 50.9 Å². The van der Waals surface area contributed by atoms with Gasteiger partial charge in [-0.25, -0.2) is 9.97 Å². The smallest absolute Gasteiger partial charge is 0.132 e. The number of rotatable bonds is 3. The molecule has 0 aromatic carbocycles. The van der Waals surface area contributed by atoms with Gasteiger partial charge in [0.15, 0.2) is 0 Å². The second kappa shape index (κ2) is 5.84. The molecule has 0 unspecified atom stereocenters. The van der Waals surface area contributed by atoms with E-state index in [1.54, 1.807) is 6.33 Å². The Bertz CT molecular complexity index is 420. The number of hydrogen-bond donors (Lipinski definition) is 0. The van der Waals surface area contributed by atoms with Crippen molar-refractivity contribution in [1.82, 2.24) is 14.9 Å². The molecular formula is C14H22N4O. The van der Waals surface area contributed by atoms with E-state index in [0.29, 0.717) is 6.04 Å². The maximum atomic E-state index is 5.42. The molecule has 5 nitrogen and oxygen atoms in total. The molecule has 2 aliphatic rings. The quantitative estimate of drug-likeness (QED) is 0.815. The zero-order valence-corrected chi connectivity index (χ0v) is 11.6. The van der Waals surface area contributed by atoms with Gasteiger partial charge in [-0.1, -0.05) is 0 Å². The number of anilines is 1. The second-order valence-electron chi connectivity index (χ2n) is 5.42. The summed E-state index contributed by atoms with van der Waals surface area (Å²) in [5.74, 6) is 1.09. The van der Waals surface area contributed by atoms with E-state index in [-0.39, 0.29) is 0 Å². The maximum Gasteiger partial charge on any atom is 0.132 e. The predicted molar refractivity (Wildman–Crippen MR) is 74.4 cm³/mol. The van der Waals surface area contributed by atoms with Crippen LogP contribution in [0.15, 0.2) is 12.4 Å². The molecule has 104 valence electrons. The average molecular weight is 262 g/mol. The SMILES string of the molecule is Cc1cc(N2CCC[C@@H]2CN2CCOCC2)ncn1. The number of ether oxygens (including phenoxy) is 1. The zero-order chi connectivity index (χ0) is 13.1. The van der Waals surface area contributed by atoms with E-state index in [1.807, 2.05) is 6.92 Å². The van der Waals surface area contributed by atoms with Crippen LogP contribution in [0.5, 0.6) is 0 Å². The van der Waals surface area contributed by atoms with Gasteiger partial charge < -0.3 is 9.64 Å². The lowest BCUT2D eigenvalue weighted by Gasteiger charge is -2.33. The Kier molecular flexibility index (Phi) is 3.94. The van der Waals surface area contributed by atoms with Crippen LogP contribution in [0, 0.1) is 6.92 Å². The van der Waals surface area contributed by atoms with Gasteiger partial charge in [-0.2, -0.15) is 0 Å². The molecule has 0 amide bonds. The fourth-order valence-corrected chi connectivity index (χ4v) is 3.01. The van der Waals surface area contributed by atoms with Crippen molar-refractivity contribution < 1.29 is 4.74 Å². The summed E-state index contributed by atoms with van der Waals surface area (Å²) in [6.07, 6.45) is 4.20. The maximum absolute atomic E-state index is 5.42. The third kappa shape index (κ3) is 3.04. The fourth-order valence-electron chi connectivity index (χ4n) is 3.01. The molecule has 2 fully saturated rings. The Morgan fingerprint density at radius 1 is 1.26 bits per heavy atom. The first-order valence-corrected chi connectivity index (χ1v) is 7.18. The Labute approximate surface area is 114 Å². The van der Waals surface area contributed by atoms with E-state index in [4.69, 9.17) is 4.74 Å². The third-order valence-electron chi connectivity index (χ3n) is 4.03. The molecule has 1 aromatic heterocycles. The van der Waals surface area contributed by atoms with Crippen molar-refractivity contribution in [2.75, 3.05) is 44.3 Å². The third-order valence-corrected chi connectivity index (χ3v) is 4.03. The van der Waals surface area contributed by atoms with E-state index >= 15 is 0 Å². The van der Waals surface area contributed by atoms with Crippen LogP contribution in [0.25, 0.3) is 0 Å². The number of morpholine rings is 1. The fraction of sp³-hybridized carbons (Fsp3) is 0.714. The topological polar surface area (TPSA) is 41.5 Å². The summed E-state index contributed by atoms with van der Waals surface area (Å²) in [7, 11) is 0. The molecule has 3 rings (SSSR count). The summed E-state index contributed by atoms with van der Waals surface area (Å²) in [6.45, 7) is 8.15. The Morgan fingerprint density at radius 2 is 2.11 bits per heavy atom. The van der Waals surface area contributed by atoms with Gasteiger partial charge in [0.2, 0.25) is 0 Å². The molecule has 19 heavy (non-hydrogen) atoms. The van der Waals surface area contributed by atoms with Gasteiger partial charge in [0, 0.05) is 44.0 Å².